The number of aromatic nitrogens is 2. The van der Waals surface area contributed by atoms with Crippen molar-refractivity contribution >= 4 is 11.6 Å². The Labute approximate surface area is 117 Å². The van der Waals surface area contributed by atoms with Gasteiger partial charge in [-0.3, -0.25) is 4.79 Å². The second kappa shape index (κ2) is 6.83. The van der Waals surface area contributed by atoms with Crippen LogP contribution in [0.3, 0.4) is 0 Å². The van der Waals surface area contributed by atoms with E-state index in [1.165, 1.54) is 0 Å². The highest BCUT2D eigenvalue weighted by Gasteiger charge is 2.13. The molecule has 0 saturated carbocycles. The maximum absolute atomic E-state index is 12.0. The van der Waals surface area contributed by atoms with Gasteiger partial charge in [-0.05, 0) is 12.1 Å². The van der Waals surface area contributed by atoms with Gasteiger partial charge in [-0.25, -0.2) is 4.98 Å². The van der Waals surface area contributed by atoms with Crippen LogP contribution in [0.5, 0.6) is 0 Å². The summed E-state index contributed by atoms with van der Waals surface area (Å²) in [4.78, 5) is 16.0. The largest absolute Gasteiger partial charge is 0.380 e. The molecular formula is C14H18N4O2. The predicted octanol–water partition coefficient (Wildman–Crippen LogP) is 1.17. The van der Waals surface area contributed by atoms with Crippen LogP contribution < -0.4 is 11.1 Å². The molecule has 1 amide bonds. The summed E-state index contributed by atoms with van der Waals surface area (Å²) < 4.78 is 6.95. The molecule has 0 spiro atoms. The highest BCUT2D eigenvalue weighted by molar-refractivity contribution is 5.93. The number of amides is 1. The highest BCUT2D eigenvalue weighted by atomic mass is 16.5. The van der Waals surface area contributed by atoms with E-state index in [-0.39, 0.29) is 18.4 Å². The maximum atomic E-state index is 12.0. The number of carbonyl (C=O) groups excluding carboxylic acids is 1. The Morgan fingerprint density at radius 3 is 2.95 bits per heavy atom. The van der Waals surface area contributed by atoms with Crippen molar-refractivity contribution in [2.24, 2.45) is 5.73 Å². The Morgan fingerprint density at radius 1 is 1.50 bits per heavy atom. The zero-order valence-corrected chi connectivity index (χ0v) is 11.3. The average molecular weight is 274 g/mol. The third kappa shape index (κ3) is 3.43. The number of anilines is 1. The lowest BCUT2D eigenvalue weighted by atomic mass is 10.2. The Bertz CT molecular complexity index is 550. The molecule has 1 unspecified atom stereocenters. The van der Waals surface area contributed by atoms with Gasteiger partial charge in [0.2, 0.25) is 5.91 Å². The van der Waals surface area contributed by atoms with Crippen LogP contribution in [-0.2, 0) is 9.53 Å². The van der Waals surface area contributed by atoms with Crippen molar-refractivity contribution in [2.45, 2.75) is 12.5 Å². The number of hydrogen-bond acceptors (Lipinski definition) is 4. The number of para-hydroxylation sites is 2. The smallest absolute Gasteiger partial charge is 0.227 e. The summed E-state index contributed by atoms with van der Waals surface area (Å²) in [5.41, 5.74) is 7.10. The summed E-state index contributed by atoms with van der Waals surface area (Å²) in [7, 11) is 1.55. The SMILES string of the molecule is COC(CN)CC(=O)Nc1ccccc1-n1ccnc1. The fraction of sp³-hybridized carbons (Fsp3) is 0.286. The number of nitrogens with two attached hydrogens (primary N) is 1. The van der Waals surface area contributed by atoms with Crippen LogP contribution in [0.2, 0.25) is 0 Å². The molecule has 2 aromatic rings. The first-order chi connectivity index (χ1) is 9.74. The van der Waals surface area contributed by atoms with Crippen LogP contribution in [0, 0.1) is 0 Å². The second-order valence-electron chi connectivity index (χ2n) is 4.33. The Morgan fingerprint density at radius 2 is 2.30 bits per heavy atom. The third-order valence-corrected chi connectivity index (χ3v) is 2.97. The number of ether oxygens (including phenoxy) is 1. The Kier molecular flexibility index (Phi) is 4.86. The van der Waals surface area contributed by atoms with Crippen molar-refractivity contribution in [3.05, 3.63) is 43.0 Å². The number of imidazole rings is 1. The minimum absolute atomic E-state index is 0.130. The summed E-state index contributed by atoms with van der Waals surface area (Å²) in [6, 6.07) is 7.53. The number of nitrogens with zero attached hydrogens (tertiary/aromatic N) is 2. The molecule has 20 heavy (non-hydrogen) atoms. The first kappa shape index (κ1) is 14.2. The van der Waals surface area contributed by atoms with Crippen LogP contribution in [0.1, 0.15) is 6.42 Å². The minimum Gasteiger partial charge on any atom is -0.380 e. The standard InChI is InChI=1S/C14H18N4O2/c1-20-11(9-15)8-14(19)17-12-4-2-3-5-13(12)18-7-6-16-10-18/h2-7,10-11H,8-9,15H2,1H3,(H,17,19). The van der Waals surface area contributed by atoms with Crippen molar-refractivity contribution in [3.63, 3.8) is 0 Å². The molecule has 1 aromatic heterocycles. The number of rotatable bonds is 6. The lowest BCUT2D eigenvalue weighted by Gasteiger charge is -2.14. The van der Waals surface area contributed by atoms with Crippen LogP contribution in [-0.4, -0.2) is 35.2 Å². The number of hydrogen-bond donors (Lipinski definition) is 2. The van der Waals surface area contributed by atoms with Gasteiger partial charge in [-0.1, -0.05) is 12.1 Å². The molecule has 0 aliphatic heterocycles. The molecule has 106 valence electrons. The predicted molar refractivity (Wildman–Crippen MR) is 76.7 cm³/mol. The maximum Gasteiger partial charge on any atom is 0.227 e. The molecule has 0 aliphatic rings. The van der Waals surface area contributed by atoms with E-state index in [0.29, 0.717) is 6.54 Å². The lowest BCUT2D eigenvalue weighted by molar-refractivity contribution is -0.118. The molecule has 6 nitrogen and oxygen atoms in total. The fourth-order valence-electron chi connectivity index (χ4n) is 1.88. The van der Waals surface area contributed by atoms with E-state index in [4.69, 9.17) is 10.5 Å². The molecular weight excluding hydrogens is 256 g/mol. The Hall–Kier alpha value is -2.18. The van der Waals surface area contributed by atoms with E-state index < -0.39 is 0 Å². The minimum atomic E-state index is -0.268. The molecule has 1 aromatic carbocycles. The van der Waals surface area contributed by atoms with E-state index in [1.54, 1.807) is 19.6 Å². The van der Waals surface area contributed by atoms with Gasteiger partial charge in [0.25, 0.3) is 0 Å². The quantitative estimate of drug-likeness (QED) is 0.828. The molecule has 0 radical (unpaired) electrons. The van der Waals surface area contributed by atoms with Crippen molar-refractivity contribution in [1.82, 2.24) is 9.55 Å². The molecule has 3 N–H and O–H groups in total. The second-order valence-corrected chi connectivity index (χ2v) is 4.33. The monoisotopic (exact) mass is 274 g/mol. The van der Waals surface area contributed by atoms with Gasteiger partial charge >= 0.3 is 0 Å². The van der Waals surface area contributed by atoms with Gasteiger partial charge in [-0.2, -0.15) is 0 Å². The third-order valence-electron chi connectivity index (χ3n) is 2.97. The van der Waals surface area contributed by atoms with Gasteiger partial charge in [0.1, 0.15) is 0 Å². The lowest BCUT2D eigenvalue weighted by Crippen LogP contribution is -2.28. The van der Waals surface area contributed by atoms with Crippen molar-refractivity contribution in [3.8, 4) is 5.69 Å². The normalized spacial score (nSPS) is 12.1. The zero-order chi connectivity index (χ0) is 14.4. The summed E-state index contributed by atoms with van der Waals surface area (Å²) in [5.74, 6) is -0.130. The zero-order valence-electron chi connectivity index (χ0n) is 11.3. The number of methoxy groups -OCH3 is 1. The van der Waals surface area contributed by atoms with Crippen LogP contribution in [0.25, 0.3) is 5.69 Å². The van der Waals surface area contributed by atoms with Crippen LogP contribution in [0.15, 0.2) is 43.0 Å². The van der Waals surface area contributed by atoms with Crippen LogP contribution in [0.4, 0.5) is 5.69 Å². The first-order valence-corrected chi connectivity index (χ1v) is 6.34. The topological polar surface area (TPSA) is 82.2 Å². The van der Waals surface area contributed by atoms with Crippen molar-refractivity contribution < 1.29 is 9.53 Å². The summed E-state index contributed by atoms with van der Waals surface area (Å²) >= 11 is 0. The van der Waals surface area contributed by atoms with Gasteiger partial charge < -0.3 is 20.4 Å². The summed E-state index contributed by atoms with van der Waals surface area (Å²) in [6.45, 7) is 0.313. The highest BCUT2D eigenvalue weighted by Crippen LogP contribution is 2.19. The molecule has 2 rings (SSSR count). The Balaban J connectivity index is 2.12. The molecule has 0 aliphatic carbocycles. The molecule has 1 atom stereocenters. The molecule has 0 bridgehead atoms. The van der Waals surface area contributed by atoms with E-state index in [9.17, 15) is 4.79 Å². The average Bonchev–Trinajstić information content (AvgIpc) is 2.99. The van der Waals surface area contributed by atoms with Crippen molar-refractivity contribution in [2.75, 3.05) is 19.0 Å². The first-order valence-electron chi connectivity index (χ1n) is 6.34. The molecule has 1 heterocycles. The van der Waals surface area contributed by atoms with Gasteiger partial charge in [0.15, 0.2) is 0 Å². The number of nitrogens with one attached hydrogen (secondary N) is 1. The molecule has 6 heteroatoms. The molecule has 0 fully saturated rings. The van der Waals surface area contributed by atoms with Gasteiger partial charge in [0, 0.05) is 26.0 Å². The van der Waals surface area contributed by atoms with Crippen LogP contribution >= 0.6 is 0 Å². The van der Waals surface area contributed by atoms with Gasteiger partial charge in [-0.15, -0.1) is 0 Å². The van der Waals surface area contributed by atoms with E-state index in [1.807, 2.05) is 35.0 Å². The molecule has 0 saturated heterocycles. The van der Waals surface area contributed by atoms with E-state index in [2.05, 4.69) is 10.3 Å². The number of carbonyl (C=O) groups is 1. The van der Waals surface area contributed by atoms with Crippen molar-refractivity contribution in [1.29, 1.82) is 0 Å². The summed E-state index contributed by atoms with van der Waals surface area (Å²) in [6.07, 6.45) is 5.15. The van der Waals surface area contributed by atoms with E-state index >= 15 is 0 Å². The number of benzene rings is 1. The fourth-order valence-corrected chi connectivity index (χ4v) is 1.88. The van der Waals surface area contributed by atoms with E-state index in [0.717, 1.165) is 11.4 Å². The summed E-state index contributed by atoms with van der Waals surface area (Å²) in [5, 5.41) is 2.87. The van der Waals surface area contributed by atoms with Gasteiger partial charge in [0.05, 0.1) is 30.2 Å².